The standard InChI is InChI=1S/C7H20O4Si2/c1-8-7-12-5-6-13(9-2,10-3)11-4/h5-7,12H2,1-4H3. The Morgan fingerprint density at radius 2 is 1.54 bits per heavy atom. The van der Waals surface area contributed by atoms with Crippen LogP contribution < -0.4 is 0 Å². The summed E-state index contributed by atoms with van der Waals surface area (Å²) < 4.78 is 20.9. The fraction of sp³-hybridized carbons (Fsp3) is 1.00. The first-order chi connectivity index (χ1) is 6.24. The maximum absolute atomic E-state index is 5.29. The first-order valence-corrected chi connectivity index (χ1v) is 8.32. The van der Waals surface area contributed by atoms with E-state index in [1.54, 1.807) is 28.4 Å². The summed E-state index contributed by atoms with van der Waals surface area (Å²) in [5.74, 6) is 0. The minimum absolute atomic E-state index is 0.124. The molecule has 0 unspecified atom stereocenters. The summed E-state index contributed by atoms with van der Waals surface area (Å²) in [5.41, 5.74) is 0. The van der Waals surface area contributed by atoms with Crippen molar-refractivity contribution in [3.8, 4) is 0 Å². The number of hydrogen-bond donors (Lipinski definition) is 0. The highest BCUT2D eigenvalue weighted by atomic mass is 28.4. The average Bonchev–Trinajstić information content (AvgIpc) is 2.20. The molecule has 6 heteroatoms. The van der Waals surface area contributed by atoms with Gasteiger partial charge in [0.05, 0.1) is 9.52 Å². The normalized spacial score (nSPS) is 12.9. The molecule has 0 saturated carbocycles. The molecule has 0 saturated heterocycles. The van der Waals surface area contributed by atoms with Crippen molar-refractivity contribution in [2.45, 2.75) is 12.1 Å². The van der Waals surface area contributed by atoms with Gasteiger partial charge in [-0.3, -0.25) is 0 Å². The Bertz CT molecular complexity index is 111. The van der Waals surface area contributed by atoms with Crippen LogP contribution in [0.25, 0.3) is 0 Å². The highest BCUT2D eigenvalue weighted by molar-refractivity contribution is 6.61. The van der Waals surface area contributed by atoms with Crippen molar-refractivity contribution >= 4 is 18.3 Å². The van der Waals surface area contributed by atoms with Gasteiger partial charge in [-0.15, -0.1) is 0 Å². The van der Waals surface area contributed by atoms with E-state index < -0.39 is 8.80 Å². The Labute approximate surface area is 83.7 Å². The average molecular weight is 224 g/mol. The van der Waals surface area contributed by atoms with E-state index in [1.165, 1.54) is 0 Å². The molecule has 0 heterocycles. The van der Waals surface area contributed by atoms with Gasteiger partial charge in [0.1, 0.15) is 0 Å². The summed E-state index contributed by atoms with van der Waals surface area (Å²) in [4.78, 5) is 0. The molecule has 0 aliphatic heterocycles. The molecule has 0 aliphatic rings. The highest BCUT2D eigenvalue weighted by Gasteiger charge is 2.36. The minimum atomic E-state index is -2.29. The largest absolute Gasteiger partial charge is 0.499 e. The van der Waals surface area contributed by atoms with Crippen LogP contribution in [-0.2, 0) is 18.0 Å². The van der Waals surface area contributed by atoms with Crippen LogP contribution in [0.4, 0.5) is 0 Å². The van der Waals surface area contributed by atoms with Gasteiger partial charge in [-0.05, 0) is 0 Å². The first kappa shape index (κ1) is 13.3. The van der Waals surface area contributed by atoms with Crippen molar-refractivity contribution in [1.82, 2.24) is 0 Å². The van der Waals surface area contributed by atoms with Crippen molar-refractivity contribution in [2.24, 2.45) is 0 Å². The lowest BCUT2D eigenvalue weighted by atomic mass is 10.9. The molecule has 0 aromatic carbocycles. The fourth-order valence-corrected chi connectivity index (χ4v) is 5.48. The predicted octanol–water partition coefficient (Wildman–Crippen LogP) is 0.0555. The van der Waals surface area contributed by atoms with E-state index in [-0.39, 0.29) is 9.52 Å². The van der Waals surface area contributed by atoms with E-state index in [9.17, 15) is 0 Å². The van der Waals surface area contributed by atoms with Crippen LogP contribution in [0.3, 0.4) is 0 Å². The van der Waals surface area contributed by atoms with Crippen LogP contribution in [0.5, 0.6) is 0 Å². The van der Waals surface area contributed by atoms with Gasteiger partial charge < -0.3 is 18.0 Å². The van der Waals surface area contributed by atoms with E-state index in [2.05, 4.69) is 0 Å². The Hall–Kier alpha value is 0.274. The third-order valence-electron chi connectivity index (χ3n) is 2.01. The lowest BCUT2D eigenvalue weighted by Gasteiger charge is -2.23. The first-order valence-electron chi connectivity index (χ1n) is 4.39. The summed E-state index contributed by atoms with van der Waals surface area (Å²) in [6.07, 6.45) is 0.918. The maximum Gasteiger partial charge on any atom is 0.499 e. The van der Waals surface area contributed by atoms with Crippen LogP contribution in [0.15, 0.2) is 0 Å². The Kier molecular flexibility index (Phi) is 7.82. The van der Waals surface area contributed by atoms with Crippen LogP contribution >= 0.6 is 0 Å². The van der Waals surface area contributed by atoms with Crippen molar-refractivity contribution in [2.75, 3.05) is 34.7 Å². The summed E-state index contributed by atoms with van der Waals surface area (Å²) >= 11 is 0. The number of rotatable bonds is 8. The van der Waals surface area contributed by atoms with Gasteiger partial charge in [0.2, 0.25) is 0 Å². The lowest BCUT2D eigenvalue weighted by molar-refractivity contribution is 0.125. The molecule has 0 fully saturated rings. The highest BCUT2D eigenvalue weighted by Crippen LogP contribution is 2.14. The van der Waals surface area contributed by atoms with Crippen molar-refractivity contribution < 1.29 is 18.0 Å². The molecular formula is C7H20O4Si2. The van der Waals surface area contributed by atoms with Crippen LogP contribution in [0, 0.1) is 0 Å². The molecule has 0 atom stereocenters. The maximum atomic E-state index is 5.29. The summed E-state index contributed by atoms with van der Waals surface area (Å²) in [5, 5.41) is 0. The Morgan fingerprint density at radius 3 is 1.92 bits per heavy atom. The Balaban J connectivity index is 3.68. The van der Waals surface area contributed by atoms with Gasteiger partial charge in [0, 0.05) is 40.7 Å². The predicted molar refractivity (Wildman–Crippen MR) is 56.8 cm³/mol. The van der Waals surface area contributed by atoms with Gasteiger partial charge in [-0.25, -0.2) is 0 Å². The second-order valence-corrected chi connectivity index (χ2v) is 7.66. The van der Waals surface area contributed by atoms with Crippen LogP contribution in [0.2, 0.25) is 12.1 Å². The zero-order chi connectivity index (χ0) is 10.2. The third-order valence-corrected chi connectivity index (χ3v) is 7.10. The Morgan fingerprint density at radius 1 is 1.00 bits per heavy atom. The van der Waals surface area contributed by atoms with E-state index in [0.29, 0.717) is 0 Å². The molecule has 0 amide bonds. The summed E-state index contributed by atoms with van der Waals surface area (Å²) in [6.45, 7) is 0. The second kappa shape index (κ2) is 7.66. The van der Waals surface area contributed by atoms with Gasteiger partial charge in [0.25, 0.3) is 0 Å². The lowest BCUT2D eigenvalue weighted by Crippen LogP contribution is -2.42. The van der Waals surface area contributed by atoms with Gasteiger partial charge in [0.15, 0.2) is 0 Å². The molecule has 0 bridgehead atoms. The topological polar surface area (TPSA) is 36.9 Å². The molecule has 0 N–H and O–H groups in total. The van der Waals surface area contributed by atoms with Crippen LogP contribution in [-0.4, -0.2) is 53.0 Å². The molecule has 4 nitrogen and oxygen atoms in total. The van der Waals surface area contributed by atoms with Crippen molar-refractivity contribution in [1.29, 1.82) is 0 Å². The monoisotopic (exact) mass is 224 g/mol. The minimum Gasteiger partial charge on any atom is -0.389 e. The van der Waals surface area contributed by atoms with E-state index in [0.717, 1.165) is 18.3 Å². The third kappa shape index (κ3) is 4.89. The number of hydrogen-bond acceptors (Lipinski definition) is 4. The molecule has 0 rings (SSSR count). The SMILES string of the molecule is COC[SiH2]CC[Si](OC)(OC)OC. The smallest absolute Gasteiger partial charge is 0.389 e. The summed E-state index contributed by atoms with van der Waals surface area (Å²) in [6, 6.07) is 2.06. The zero-order valence-corrected chi connectivity index (χ0v) is 11.4. The molecule has 0 aliphatic carbocycles. The van der Waals surface area contributed by atoms with E-state index >= 15 is 0 Å². The number of methoxy groups -OCH3 is 1. The molecule has 0 spiro atoms. The second-order valence-electron chi connectivity index (χ2n) is 2.75. The molecule has 0 radical (unpaired) electrons. The van der Waals surface area contributed by atoms with Crippen molar-refractivity contribution in [3.63, 3.8) is 0 Å². The fourth-order valence-electron chi connectivity index (χ4n) is 1.14. The summed E-state index contributed by atoms with van der Waals surface area (Å²) in [7, 11) is 4.27. The molecule has 0 aromatic heterocycles. The number of ether oxygens (including phenoxy) is 1. The molecule has 80 valence electrons. The molecule has 13 heavy (non-hydrogen) atoms. The quantitative estimate of drug-likeness (QED) is 0.431. The van der Waals surface area contributed by atoms with E-state index in [1.807, 2.05) is 0 Å². The van der Waals surface area contributed by atoms with Gasteiger partial charge >= 0.3 is 8.80 Å². The molecular weight excluding hydrogens is 204 g/mol. The van der Waals surface area contributed by atoms with Gasteiger partial charge in [-0.2, -0.15) is 0 Å². The zero-order valence-electron chi connectivity index (χ0n) is 8.96. The van der Waals surface area contributed by atoms with Crippen LogP contribution in [0.1, 0.15) is 0 Å². The molecule has 0 aromatic rings. The van der Waals surface area contributed by atoms with Gasteiger partial charge in [-0.1, -0.05) is 6.04 Å². The van der Waals surface area contributed by atoms with Crippen molar-refractivity contribution in [3.05, 3.63) is 0 Å². The van der Waals surface area contributed by atoms with E-state index in [4.69, 9.17) is 18.0 Å².